The number of amides is 3. The number of imide groups is 1. The molecule has 8 heteroatoms. The third-order valence-corrected chi connectivity index (χ3v) is 5.28. The fourth-order valence-corrected chi connectivity index (χ4v) is 3.48. The van der Waals surface area contributed by atoms with Gasteiger partial charge in [-0.15, -0.1) is 5.10 Å². The number of nitrogens with zero attached hydrogens (tertiary/aromatic N) is 5. The van der Waals surface area contributed by atoms with Gasteiger partial charge in [0.05, 0.1) is 22.9 Å². The van der Waals surface area contributed by atoms with Crippen LogP contribution in [0.15, 0.2) is 30.5 Å². The van der Waals surface area contributed by atoms with Crippen molar-refractivity contribution in [2.45, 2.75) is 24.8 Å². The van der Waals surface area contributed by atoms with Gasteiger partial charge in [-0.25, -0.2) is 4.68 Å². The van der Waals surface area contributed by atoms with E-state index in [1.807, 2.05) is 10.9 Å². The van der Waals surface area contributed by atoms with E-state index in [9.17, 15) is 14.4 Å². The zero-order chi connectivity index (χ0) is 17.8. The second-order valence-corrected chi connectivity index (χ2v) is 7.09. The zero-order valence-electron chi connectivity index (χ0n) is 14.0. The molecule has 0 atom stereocenters. The summed E-state index contributed by atoms with van der Waals surface area (Å²) in [4.78, 5) is 39.8. The van der Waals surface area contributed by atoms with E-state index in [0.29, 0.717) is 30.1 Å². The predicted octanol–water partition coefficient (Wildman–Crippen LogP) is 0.835. The Kier molecular flexibility index (Phi) is 3.22. The number of likely N-dealkylation sites (tertiary alicyclic amines) is 1. The molecule has 1 aromatic carbocycles. The molecule has 3 heterocycles. The lowest BCUT2D eigenvalue weighted by molar-refractivity contribution is -0.137. The highest BCUT2D eigenvalue weighted by Crippen LogP contribution is 2.39. The summed E-state index contributed by atoms with van der Waals surface area (Å²) in [5.74, 6) is -0.476. The molecule has 0 spiro atoms. The maximum Gasteiger partial charge on any atom is 0.262 e. The number of hydrogen-bond donors (Lipinski definition) is 0. The van der Waals surface area contributed by atoms with Gasteiger partial charge in [0.15, 0.2) is 0 Å². The highest BCUT2D eigenvalue weighted by molar-refractivity contribution is 6.22. The highest BCUT2D eigenvalue weighted by Gasteiger charge is 2.40. The smallest absolute Gasteiger partial charge is 0.262 e. The second-order valence-electron chi connectivity index (χ2n) is 7.09. The van der Waals surface area contributed by atoms with Gasteiger partial charge >= 0.3 is 0 Å². The number of carbonyl (C=O) groups is 3. The first kappa shape index (κ1) is 15.2. The molecule has 2 fully saturated rings. The van der Waals surface area contributed by atoms with Gasteiger partial charge in [-0.2, -0.15) is 0 Å². The summed E-state index contributed by atoms with van der Waals surface area (Å²) in [6.07, 6.45) is 4.32. The minimum Gasteiger partial charge on any atom is -0.337 e. The van der Waals surface area contributed by atoms with Crippen molar-refractivity contribution in [2.75, 3.05) is 19.6 Å². The van der Waals surface area contributed by atoms with Gasteiger partial charge < -0.3 is 4.90 Å². The van der Waals surface area contributed by atoms with E-state index in [1.165, 1.54) is 12.8 Å². The number of fused-ring (bicyclic) bond motifs is 1. The van der Waals surface area contributed by atoms with Crippen molar-refractivity contribution in [3.05, 3.63) is 47.3 Å². The Labute approximate surface area is 149 Å². The maximum absolute atomic E-state index is 12.5. The third kappa shape index (κ3) is 2.33. The summed E-state index contributed by atoms with van der Waals surface area (Å²) >= 11 is 0. The molecule has 5 rings (SSSR count). The van der Waals surface area contributed by atoms with Gasteiger partial charge in [0, 0.05) is 25.2 Å². The van der Waals surface area contributed by atoms with Crippen LogP contribution in [0.2, 0.25) is 0 Å². The van der Waals surface area contributed by atoms with Gasteiger partial charge in [-0.1, -0.05) is 17.3 Å². The largest absolute Gasteiger partial charge is 0.337 e. The average Bonchev–Trinajstić information content (AvgIpc) is 3.30. The van der Waals surface area contributed by atoms with Crippen molar-refractivity contribution in [2.24, 2.45) is 0 Å². The molecule has 3 amide bonds. The van der Waals surface area contributed by atoms with Gasteiger partial charge in [0.2, 0.25) is 5.91 Å². The Bertz CT molecular complexity index is 891. The normalized spacial score (nSPS) is 19.7. The molecule has 0 bridgehead atoms. The molecular formula is C18H17N5O3. The summed E-state index contributed by atoms with van der Waals surface area (Å²) in [6.45, 7) is 0.828. The second kappa shape index (κ2) is 5.48. The van der Waals surface area contributed by atoms with E-state index in [2.05, 4.69) is 10.3 Å². The maximum atomic E-state index is 12.5. The number of aromatic nitrogens is 3. The molecule has 1 aliphatic carbocycles. The summed E-state index contributed by atoms with van der Waals surface area (Å²) in [5, 5.41) is 8.35. The van der Waals surface area contributed by atoms with E-state index in [1.54, 1.807) is 29.2 Å². The van der Waals surface area contributed by atoms with Gasteiger partial charge in [-0.05, 0) is 25.0 Å². The molecule has 1 saturated heterocycles. The molecule has 2 aromatic rings. The van der Waals surface area contributed by atoms with Gasteiger partial charge in [0.1, 0.15) is 6.54 Å². The average molecular weight is 351 g/mol. The molecule has 1 saturated carbocycles. The Morgan fingerprint density at radius 1 is 1.08 bits per heavy atom. The third-order valence-electron chi connectivity index (χ3n) is 5.28. The van der Waals surface area contributed by atoms with Crippen LogP contribution in [0.3, 0.4) is 0 Å². The highest BCUT2D eigenvalue weighted by atomic mass is 16.2. The summed E-state index contributed by atoms with van der Waals surface area (Å²) in [5.41, 5.74) is 1.75. The van der Waals surface area contributed by atoms with Crippen LogP contribution in [0.25, 0.3) is 0 Å². The molecule has 1 aromatic heterocycles. The van der Waals surface area contributed by atoms with Crippen LogP contribution in [0.5, 0.6) is 0 Å². The Morgan fingerprint density at radius 2 is 1.73 bits per heavy atom. The van der Waals surface area contributed by atoms with Crippen LogP contribution < -0.4 is 0 Å². The van der Waals surface area contributed by atoms with Crippen LogP contribution in [-0.2, 0) is 4.79 Å². The lowest BCUT2D eigenvalue weighted by Crippen LogP contribution is -2.54. The first-order valence-electron chi connectivity index (χ1n) is 8.76. The van der Waals surface area contributed by atoms with Crippen LogP contribution in [0.1, 0.15) is 51.2 Å². The lowest BCUT2D eigenvalue weighted by atomic mass is 10.1. The van der Waals surface area contributed by atoms with Crippen molar-refractivity contribution >= 4 is 17.7 Å². The Balaban J connectivity index is 1.21. The predicted molar refractivity (Wildman–Crippen MR) is 89.4 cm³/mol. The Hall–Kier alpha value is -3.03. The van der Waals surface area contributed by atoms with Crippen LogP contribution in [0, 0.1) is 0 Å². The minimum atomic E-state index is -0.402. The molecule has 3 aliphatic rings. The van der Waals surface area contributed by atoms with Crippen molar-refractivity contribution in [3.63, 3.8) is 0 Å². The van der Waals surface area contributed by atoms with E-state index in [0.717, 1.165) is 10.6 Å². The fraction of sp³-hybridized carbons (Fsp3) is 0.389. The minimum absolute atomic E-state index is 0.112. The van der Waals surface area contributed by atoms with E-state index in [4.69, 9.17) is 0 Å². The lowest BCUT2D eigenvalue weighted by Gasteiger charge is -2.39. The van der Waals surface area contributed by atoms with Crippen molar-refractivity contribution in [1.29, 1.82) is 0 Å². The standard InChI is InChI=1S/C18H17N5O3/c24-16(10-22-17(25)13-3-1-2-4-14(13)18(22)26)21-7-12(8-21)23-9-15(19-20-23)11-5-6-11/h1-4,9,11-12H,5-8,10H2. The molecule has 0 N–H and O–H groups in total. The summed E-state index contributed by atoms with van der Waals surface area (Å²) in [6, 6.07) is 6.76. The first-order valence-corrected chi connectivity index (χ1v) is 8.76. The van der Waals surface area contributed by atoms with E-state index in [-0.39, 0.29) is 18.5 Å². The molecule has 0 unspecified atom stereocenters. The van der Waals surface area contributed by atoms with Gasteiger partial charge in [0.25, 0.3) is 11.8 Å². The molecule has 132 valence electrons. The van der Waals surface area contributed by atoms with Crippen LogP contribution >= 0.6 is 0 Å². The topological polar surface area (TPSA) is 88.4 Å². The zero-order valence-corrected chi connectivity index (χ0v) is 14.0. The van der Waals surface area contributed by atoms with Gasteiger partial charge in [-0.3, -0.25) is 19.3 Å². The van der Waals surface area contributed by atoms with E-state index < -0.39 is 11.8 Å². The summed E-state index contributed by atoms with van der Waals surface area (Å²) < 4.78 is 1.82. The quantitative estimate of drug-likeness (QED) is 0.762. The SMILES string of the molecule is O=C(CN1C(=O)c2ccccc2C1=O)N1CC(n2cc(C3CC3)nn2)C1. The number of rotatable bonds is 4. The number of carbonyl (C=O) groups excluding carboxylic acids is 3. The summed E-state index contributed by atoms with van der Waals surface area (Å²) in [7, 11) is 0. The van der Waals surface area contributed by atoms with Crippen LogP contribution in [0.4, 0.5) is 0 Å². The number of benzene rings is 1. The Morgan fingerprint density at radius 3 is 2.35 bits per heavy atom. The van der Waals surface area contributed by atoms with E-state index >= 15 is 0 Å². The number of hydrogen-bond acceptors (Lipinski definition) is 5. The molecule has 8 nitrogen and oxygen atoms in total. The van der Waals surface area contributed by atoms with Crippen molar-refractivity contribution in [3.8, 4) is 0 Å². The van der Waals surface area contributed by atoms with Crippen LogP contribution in [-0.4, -0.2) is 62.1 Å². The van der Waals surface area contributed by atoms with Crippen molar-refractivity contribution < 1.29 is 14.4 Å². The molecule has 2 aliphatic heterocycles. The molecule has 0 radical (unpaired) electrons. The fourth-order valence-electron chi connectivity index (χ4n) is 3.48. The first-order chi connectivity index (χ1) is 12.6. The molecular weight excluding hydrogens is 334 g/mol. The molecule has 26 heavy (non-hydrogen) atoms. The van der Waals surface area contributed by atoms with Crippen molar-refractivity contribution in [1.82, 2.24) is 24.8 Å². The monoisotopic (exact) mass is 351 g/mol.